The number of H-pyrrole nitrogens is 1. The first-order valence-corrected chi connectivity index (χ1v) is 7.66. The van der Waals surface area contributed by atoms with Gasteiger partial charge in [-0.2, -0.15) is 0 Å². The van der Waals surface area contributed by atoms with Gasteiger partial charge in [-0.3, -0.25) is 9.59 Å². The molecule has 2 aromatic rings. The number of thiophene rings is 1. The first-order valence-electron chi connectivity index (χ1n) is 5.80. The molecular formula is C12H15N3O2S2. The van der Waals surface area contributed by atoms with Crippen molar-refractivity contribution in [3.63, 3.8) is 0 Å². The fraction of sp³-hybridized carbons (Fsp3) is 0.417. The van der Waals surface area contributed by atoms with Crippen LogP contribution in [0.3, 0.4) is 0 Å². The third kappa shape index (κ3) is 2.82. The van der Waals surface area contributed by atoms with Crippen molar-refractivity contribution in [3.05, 3.63) is 26.6 Å². The molecule has 19 heavy (non-hydrogen) atoms. The molecule has 0 aliphatic heterocycles. The Kier molecular flexibility index (Phi) is 3.96. The van der Waals surface area contributed by atoms with Crippen LogP contribution in [0.4, 0.5) is 0 Å². The standard InChI is InChI=1S/C12H15N3O2S2/c1-5-6(2)19-12-9(5)11(17)14-8(15-12)4-18-7(3)10(13)16/h7H,4H2,1-3H3,(H2,13,16)(H,14,15,17). The summed E-state index contributed by atoms with van der Waals surface area (Å²) in [5, 5.41) is 0.368. The van der Waals surface area contributed by atoms with Crippen LogP contribution in [0.1, 0.15) is 23.2 Å². The zero-order chi connectivity index (χ0) is 14.2. The average Bonchev–Trinajstić information content (AvgIpc) is 2.62. The second-order valence-electron chi connectivity index (χ2n) is 4.33. The van der Waals surface area contributed by atoms with Gasteiger partial charge in [-0.05, 0) is 26.3 Å². The number of nitrogens with two attached hydrogens (primary N) is 1. The highest BCUT2D eigenvalue weighted by molar-refractivity contribution is 7.99. The van der Waals surface area contributed by atoms with E-state index >= 15 is 0 Å². The number of primary amides is 1. The molecule has 0 aromatic carbocycles. The van der Waals surface area contributed by atoms with Crippen LogP contribution in [0.25, 0.3) is 10.2 Å². The van der Waals surface area contributed by atoms with Crippen molar-refractivity contribution in [2.24, 2.45) is 5.73 Å². The van der Waals surface area contributed by atoms with Crippen LogP contribution < -0.4 is 11.3 Å². The summed E-state index contributed by atoms with van der Waals surface area (Å²) in [4.78, 5) is 32.0. The molecule has 2 heterocycles. The number of nitrogens with one attached hydrogen (secondary N) is 1. The molecule has 2 rings (SSSR count). The van der Waals surface area contributed by atoms with Gasteiger partial charge in [-0.1, -0.05) is 0 Å². The van der Waals surface area contributed by atoms with Gasteiger partial charge in [0.15, 0.2) is 0 Å². The van der Waals surface area contributed by atoms with E-state index < -0.39 is 0 Å². The molecule has 7 heteroatoms. The Morgan fingerprint density at radius 2 is 2.21 bits per heavy atom. The third-order valence-corrected chi connectivity index (χ3v) is 5.23. The van der Waals surface area contributed by atoms with Crippen molar-refractivity contribution in [2.45, 2.75) is 31.8 Å². The van der Waals surface area contributed by atoms with Crippen LogP contribution in [-0.2, 0) is 10.5 Å². The van der Waals surface area contributed by atoms with Gasteiger partial charge in [0.05, 0.1) is 16.4 Å². The maximum Gasteiger partial charge on any atom is 0.259 e. The monoisotopic (exact) mass is 297 g/mol. The highest BCUT2D eigenvalue weighted by atomic mass is 32.2. The van der Waals surface area contributed by atoms with E-state index in [4.69, 9.17) is 5.73 Å². The SMILES string of the molecule is Cc1sc2nc(CSC(C)C(N)=O)[nH]c(=O)c2c1C. The second kappa shape index (κ2) is 5.34. The Labute approximate surface area is 118 Å². The Balaban J connectivity index is 2.31. The van der Waals surface area contributed by atoms with Crippen LogP contribution in [-0.4, -0.2) is 21.1 Å². The first-order chi connectivity index (χ1) is 8.90. The number of aryl methyl sites for hydroxylation is 2. The fourth-order valence-electron chi connectivity index (χ4n) is 1.65. The molecule has 1 atom stereocenters. The van der Waals surface area contributed by atoms with E-state index in [2.05, 4.69) is 9.97 Å². The van der Waals surface area contributed by atoms with E-state index in [-0.39, 0.29) is 16.7 Å². The minimum atomic E-state index is -0.365. The Morgan fingerprint density at radius 1 is 1.53 bits per heavy atom. The molecule has 1 amide bonds. The number of thioether (sulfide) groups is 1. The lowest BCUT2D eigenvalue weighted by molar-refractivity contribution is -0.117. The molecule has 0 fully saturated rings. The van der Waals surface area contributed by atoms with Gasteiger partial charge in [0.1, 0.15) is 10.7 Å². The molecule has 3 N–H and O–H groups in total. The normalized spacial score (nSPS) is 12.8. The summed E-state index contributed by atoms with van der Waals surface area (Å²) in [6.07, 6.45) is 0. The smallest absolute Gasteiger partial charge is 0.259 e. The number of hydrogen-bond acceptors (Lipinski definition) is 5. The minimum absolute atomic E-state index is 0.117. The molecule has 0 saturated carbocycles. The number of carbonyl (C=O) groups excluding carboxylic acids is 1. The fourth-order valence-corrected chi connectivity index (χ4v) is 3.41. The quantitative estimate of drug-likeness (QED) is 0.899. The first kappa shape index (κ1) is 14.1. The van der Waals surface area contributed by atoms with Crippen molar-refractivity contribution < 1.29 is 4.79 Å². The number of hydrogen-bond donors (Lipinski definition) is 2. The van der Waals surface area contributed by atoms with E-state index in [0.717, 1.165) is 15.3 Å². The Bertz CT molecular complexity index is 690. The number of fused-ring (bicyclic) bond motifs is 1. The van der Waals surface area contributed by atoms with E-state index in [9.17, 15) is 9.59 Å². The van der Waals surface area contributed by atoms with Gasteiger partial charge >= 0.3 is 0 Å². The molecule has 0 spiro atoms. The molecule has 0 saturated heterocycles. The summed E-state index contributed by atoms with van der Waals surface area (Å²) in [6.45, 7) is 5.64. The molecule has 0 aliphatic rings. The lowest BCUT2D eigenvalue weighted by Crippen LogP contribution is -2.23. The molecular weight excluding hydrogens is 282 g/mol. The lowest BCUT2D eigenvalue weighted by Gasteiger charge is -2.06. The molecule has 1 unspecified atom stereocenters. The third-order valence-electron chi connectivity index (χ3n) is 2.96. The maximum absolute atomic E-state index is 12.0. The number of aromatic amines is 1. The summed E-state index contributed by atoms with van der Waals surface area (Å²) in [5.74, 6) is 0.679. The van der Waals surface area contributed by atoms with Gasteiger partial charge in [0.25, 0.3) is 5.56 Å². The summed E-state index contributed by atoms with van der Waals surface area (Å²) in [7, 11) is 0. The summed E-state index contributed by atoms with van der Waals surface area (Å²) >= 11 is 2.88. The lowest BCUT2D eigenvalue weighted by atomic mass is 10.2. The molecule has 0 aliphatic carbocycles. The zero-order valence-corrected chi connectivity index (χ0v) is 12.6. The molecule has 0 radical (unpaired) electrons. The van der Waals surface area contributed by atoms with Crippen molar-refractivity contribution in [1.82, 2.24) is 9.97 Å². The number of nitrogens with zero attached hydrogens (tertiary/aromatic N) is 1. The van der Waals surface area contributed by atoms with Crippen LogP contribution >= 0.6 is 23.1 Å². The van der Waals surface area contributed by atoms with Gasteiger partial charge in [0.2, 0.25) is 5.91 Å². The number of rotatable bonds is 4. The number of amides is 1. The number of carbonyl (C=O) groups is 1. The summed E-state index contributed by atoms with van der Waals surface area (Å²) in [6, 6.07) is 0. The van der Waals surface area contributed by atoms with Crippen LogP contribution in [0.2, 0.25) is 0 Å². The Hall–Kier alpha value is -1.34. The molecule has 102 valence electrons. The van der Waals surface area contributed by atoms with Crippen molar-refractivity contribution in [3.8, 4) is 0 Å². The highest BCUT2D eigenvalue weighted by Gasteiger charge is 2.14. The number of aromatic nitrogens is 2. The largest absolute Gasteiger partial charge is 0.369 e. The van der Waals surface area contributed by atoms with Crippen molar-refractivity contribution in [2.75, 3.05) is 0 Å². The van der Waals surface area contributed by atoms with E-state index in [0.29, 0.717) is 17.0 Å². The summed E-state index contributed by atoms with van der Waals surface area (Å²) < 4.78 is 0. The predicted octanol–water partition coefficient (Wildman–Crippen LogP) is 1.71. The van der Waals surface area contributed by atoms with Crippen LogP contribution in [0.15, 0.2) is 4.79 Å². The molecule has 2 aromatic heterocycles. The van der Waals surface area contributed by atoms with Gasteiger partial charge in [-0.25, -0.2) is 4.98 Å². The Morgan fingerprint density at radius 3 is 2.84 bits per heavy atom. The highest BCUT2D eigenvalue weighted by Crippen LogP contribution is 2.26. The summed E-state index contributed by atoms with van der Waals surface area (Å²) in [5.41, 5.74) is 6.06. The minimum Gasteiger partial charge on any atom is -0.369 e. The predicted molar refractivity (Wildman–Crippen MR) is 79.7 cm³/mol. The topological polar surface area (TPSA) is 88.8 Å². The van der Waals surface area contributed by atoms with Crippen molar-refractivity contribution >= 4 is 39.2 Å². The molecule has 0 bridgehead atoms. The van der Waals surface area contributed by atoms with Crippen LogP contribution in [0.5, 0.6) is 0 Å². The van der Waals surface area contributed by atoms with Gasteiger partial charge < -0.3 is 10.7 Å². The second-order valence-corrected chi connectivity index (χ2v) is 6.86. The van der Waals surface area contributed by atoms with Gasteiger partial charge in [-0.15, -0.1) is 23.1 Å². The van der Waals surface area contributed by atoms with E-state index in [1.165, 1.54) is 23.1 Å². The van der Waals surface area contributed by atoms with E-state index in [1.54, 1.807) is 6.92 Å². The zero-order valence-electron chi connectivity index (χ0n) is 10.9. The molecule has 5 nitrogen and oxygen atoms in total. The average molecular weight is 297 g/mol. The van der Waals surface area contributed by atoms with Gasteiger partial charge in [0, 0.05) is 4.88 Å². The van der Waals surface area contributed by atoms with Crippen molar-refractivity contribution in [1.29, 1.82) is 0 Å². The maximum atomic E-state index is 12.0. The van der Waals surface area contributed by atoms with Crippen LogP contribution in [0, 0.1) is 13.8 Å². The van der Waals surface area contributed by atoms with E-state index in [1.807, 2.05) is 13.8 Å².